The van der Waals surface area contributed by atoms with Crippen molar-refractivity contribution in [3.05, 3.63) is 23.3 Å². The molecule has 1 heterocycles. The molecule has 2 N–H and O–H groups in total. The van der Waals surface area contributed by atoms with Gasteiger partial charge in [0.1, 0.15) is 0 Å². The molecule has 0 bridgehead atoms. The molecule has 1 unspecified atom stereocenters. The van der Waals surface area contributed by atoms with Gasteiger partial charge in [0.25, 0.3) is 0 Å². The first-order valence-corrected chi connectivity index (χ1v) is 4.14. The van der Waals surface area contributed by atoms with Crippen LogP contribution in [0.3, 0.4) is 0 Å². The molecule has 3 nitrogen and oxygen atoms in total. The quantitative estimate of drug-likeness (QED) is 0.643. The Morgan fingerprint density at radius 2 is 2.08 bits per heavy atom. The highest BCUT2D eigenvalue weighted by Gasteiger charge is 2.23. The molecule has 1 atom stereocenters. The maximum absolute atomic E-state index is 7.89. The monoisotopic (exact) mass is 180 g/mol. The Morgan fingerprint density at radius 3 is 2.85 bits per heavy atom. The van der Waals surface area contributed by atoms with Crippen LogP contribution in [0, 0.1) is 0 Å². The minimum atomic E-state index is -1.86. The topological polar surface area (TPSA) is 44.5 Å². The maximum Gasteiger partial charge on any atom is 0.231 e. The van der Waals surface area contributed by atoms with Gasteiger partial charge in [0.15, 0.2) is 11.5 Å². The third-order valence-electron chi connectivity index (χ3n) is 2.27. The molecule has 0 amide bonds. The van der Waals surface area contributed by atoms with Gasteiger partial charge in [0, 0.05) is 10.1 Å². The summed E-state index contributed by atoms with van der Waals surface area (Å²) >= 11 is 0. The van der Waals surface area contributed by atoms with Gasteiger partial charge in [-0.15, -0.1) is 0 Å². The van der Waals surface area contributed by atoms with Crippen molar-refractivity contribution in [2.75, 3.05) is 6.79 Å². The van der Waals surface area contributed by atoms with Gasteiger partial charge in [-0.2, -0.15) is 0 Å². The fourth-order valence-corrected chi connectivity index (χ4v) is 1.67. The highest BCUT2D eigenvalue weighted by molar-refractivity contribution is 5.50. The van der Waals surface area contributed by atoms with Gasteiger partial charge < -0.3 is 15.2 Å². The summed E-state index contributed by atoms with van der Waals surface area (Å²) in [5.74, 6) is 1.13. The molecule has 1 aliphatic carbocycles. The van der Waals surface area contributed by atoms with Crippen molar-refractivity contribution < 1.29 is 13.6 Å². The summed E-state index contributed by atoms with van der Waals surface area (Å²) in [6.07, 6.45) is -1.67. The summed E-state index contributed by atoms with van der Waals surface area (Å²) in [4.78, 5) is 0. The van der Waals surface area contributed by atoms with Gasteiger partial charge in [-0.1, -0.05) is 0 Å². The van der Waals surface area contributed by atoms with Crippen LogP contribution in [0.2, 0.25) is 0 Å². The third kappa shape index (κ3) is 1.00. The summed E-state index contributed by atoms with van der Waals surface area (Å²) in [5.41, 5.74) is 6.84. The van der Waals surface area contributed by atoms with E-state index in [1.165, 1.54) is 0 Å². The third-order valence-corrected chi connectivity index (χ3v) is 2.27. The second kappa shape index (κ2) is 2.39. The summed E-state index contributed by atoms with van der Waals surface area (Å²) < 4.78 is 34.0. The first-order valence-electron chi connectivity index (χ1n) is 5.64. The molecule has 0 spiro atoms. The highest BCUT2D eigenvalue weighted by Crippen LogP contribution is 2.37. The summed E-state index contributed by atoms with van der Waals surface area (Å²) in [6, 6.07) is 1.70. The van der Waals surface area contributed by atoms with Crippen LogP contribution in [0.25, 0.3) is 0 Å². The molecule has 68 valence electrons. The van der Waals surface area contributed by atoms with Crippen LogP contribution >= 0.6 is 0 Å². The molecule has 0 aromatic heterocycles. The predicted octanol–water partition coefficient (Wildman–Crippen LogP) is 0.841. The molecule has 1 aromatic rings. The minimum absolute atomic E-state index is 0.163. The van der Waals surface area contributed by atoms with E-state index in [9.17, 15) is 0 Å². The fraction of sp³-hybridized carbons (Fsp3) is 0.400. The lowest BCUT2D eigenvalue weighted by atomic mass is 10.1. The first-order chi connectivity index (χ1) is 7.42. The molecule has 1 aromatic carbocycles. The SMILES string of the molecule is [2H]C1(N)Cc2cc3c(cc2C1([2H])[2H])OCO3. The average Bonchev–Trinajstić information content (AvgIpc) is 2.67. The van der Waals surface area contributed by atoms with Crippen molar-refractivity contribution in [3.8, 4) is 11.5 Å². The van der Waals surface area contributed by atoms with Crippen LogP contribution in [-0.4, -0.2) is 12.8 Å². The van der Waals surface area contributed by atoms with Crippen LogP contribution in [0.5, 0.6) is 11.5 Å². The van der Waals surface area contributed by atoms with Crippen molar-refractivity contribution in [3.63, 3.8) is 0 Å². The Balaban J connectivity index is 2.19. The second-order valence-electron chi connectivity index (χ2n) is 3.19. The molecule has 0 saturated heterocycles. The van der Waals surface area contributed by atoms with E-state index in [4.69, 9.17) is 19.3 Å². The lowest BCUT2D eigenvalue weighted by Crippen LogP contribution is -2.19. The van der Waals surface area contributed by atoms with Crippen molar-refractivity contribution in [2.45, 2.75) is 18.8 Å². The van der Waals surface area contributed by atoms with Crippen LogP contribution in [0.4, 0.5) is 0 Å². The molecule has 13 heavy (non-hydrogen) atoms. The first kappa shape index (κ1) is 4.86. The Morgan fingerprint density at radius 1 is 1.38 bits per heavy atom. The number of fused-ring (bicyclic) bond motifs is 2. The number of hydrogen-bond acceptors (Lipinski definition) is 3. The van der Waals surface area contributed by atoms with Gasteiger partial charge in [-0.3, -0.25) is 0 Å². The lowest BCUT2D eigenvalue weighted by Gasteiger charge is -2.00. The van der Waals surface area contributed by atoms with Gasteiger partial charge >= 0.3 is 0 Å². The van der Waals surface area contributed by atoms with Gasteiger partial charge in [0.05, 0.1) is 0 Å². The fourth-order valence-electron chi connectivity index (χ4n) is 1.67. The Labute approximate surface area is 80.7 Å². The number of ether oxygens (including phenoxy) is 2. The standard InChI is InChI=1S/C10H11NO2/c11-8-1-6-3-9-10(13-5-12-9)4-7(6)2-8/h3-4,8H,1-2,5,11H2/i1D2,8D. The summed E-state index contributed by atoms with van der Waals surface area (Å²) in [5, 5.41) is 0. The number of hydrogen-bond donors (Lipinski definition) is 1. The molecule has 1 aliphatic heterocycles. The largest absolute Gasteiger partial charge is 0.454 e. The second-order valence-corrected chi connectivity index (χ2v) is 3.19. The normalized spacial score (nSPS) is 36.2. The van der Waals surface area contributed by atoms with E-state index in [1.807, 2.05) is 0 Å². The summed E-state index contributed by atoms with van der Waals surface area (Å²) in [6.45, 7) is 0.163. The van der Waals surface area contributed by atoms with E-state index in [0.717, 1.165) is 5.56 Å². The van der Waals surface area contributed by atoms with Crippen molar-refractivity contribution in [1.29, 1.82) is 0 Å². The molecule has 3 heteroatoms. The summed E-state index contributed by atoms with van der Waals surface area (Å²) in [7, 11) is 0. The Bertz CT molecular complexity index is 473. The molecule has 0 saturated carbocycles. The van der Waals surface area contributed by atoms with Crippen LogP contribution in [-0.2, 0) is 12.8 Å². The molecule has 0 radical (unpaired) electrons. The smallest absolute Gasteiger partial charge is 0.231 e. The van der Waals surface area contributed by atoms with Crippen LogP contribution < -0.4 is 15.2 Å². The van der Waals surface area contributed by atoms with Crippen molar-refractivity contribution >= 4 is 0 Å². The number of rotatable bonds is 0. The zero-order valence-electron chi connectivity index (χ0n) is 9.96. The van der Waals surface area contributed by atoms with Gasteiger partial charge in [0.2, 0.25) is 6.79 Å². The number of nitrogens with two attached hydrogens (primary N) is 1. The molecule has 2 aliphatic rings. The zero-order valence-corrected chi connectivity index (χ0v) is 6.96. The van der Waals surface area contributed by atoms with Crippen molar-refractivity contribution in [1.82, 2.24) is 0 Å². The average molecular weight is 180 g/mol. The number of benzene rings is 1. The van der Waals surface area contributed by atoms with Gasteiger partial charge in [-0.05, 0) is 36.1 Å². The zero-order chi connectivity index (χ0) is 11.6. The van der Waals surface area contributed by atoms with Crippen molar-refractivity contribution in [2.24, 2.45) is 5.73 Å². The lowest BCUT2D eigenvalue weighted by molar-refractivity contribution is 0.174. The predicted molar refractivity (Wildman–Crippen MR) is 47.9 cm³/mol. The molecular formula is C10H11NO2. The Hall–Kier alpha value is -1.22. The van der Waals surface area contributed by atoms with E-state index in [2.05, 4.69) is 0 Å². The van der Waals surface area contributed by atoms with E-state index < -0.39 is 12.4 Å². The highest BCUT2D eigenvalue weighted by atomic mass is 16.7. The molecular weight excluding hydrogens is 166 g/mol. The molecule has 0 fully saturated rings. The van der Waals surface area contributed by atoms with E-state index in [0.29, 0.717) is 17.1 Å². The van der Waals surface area contributed by atoms with E-state index in [1.54, 1.807) is 12.1 Å². The van der Waals surface area contributed by atoms with Gasteiger partial charge in [-0.25, -0.2) is 0 Å². The molecule has 3 rings (SSSR count). The van der Waals surface area contributed by atoms with E-state index in [-0.39, 0.29) is 13.2 Å². The van der Waals surface area contributed by atoms with Crippen LogP contribution in [0.1, 0.15) is 15.2 Å². The maximum atomic E-state index is 7.89. The van der Waals surface area contributed by atoms with Crippen LogP contribution in [0.15, 0.2) is 12.1 Å². The van der Waals surface area contributed by atoms with E-state index >= 15 is 0 Å². The minimum Gasteiger partial charge on any atom is -0.454 e. The Kier molecular flexibility index (Phi) is 0.893.